The van der Waals surface area contributed by atoms with Gasteiger partial charge < -0.3 is 19.4 Å². The molecule has 1 aliphatic heterocycles. The van der Waals surface area contributed by atoms with Crippen LogP contribution in [0.5, 0.6) is 0 Å². The third-order valence-electron chi connectivity index (χ3n) is 4.41. The zero-order valence-electron chi connectivity index (χ0n) is 13.1. The van der Waals surface area contributed by atoms with Gasteiger partial charge in [-0.05, 0) is 14.1 Å². The van der Waals surface area contributed by atoms with Crippen LogP contribution in [-0.2, 0) is 11.2 Å². The average Bonchev–Trinajstić information content (AvgIpc) is 2.89. The summed E-state index contributed by atoms with van der Waals surface area (Å²) in [5.41, 5.74) is 0. The van der Waals surface area contributed by atoms with Crippen molar-refractivity contribution in [3.63, 3.8) is 0 Å². The summed E-state index contributed by atoms with van der Waals surface area (Å²) in [6.45, 7) is 6.52. The molecule has 2 heterocycles. The Balaban J connectivity index is 2.01. The van der Waals surface area contributed by atoms with E-state index >= 15 is 0 Å². The molecule has 3 unspecified atom stereocenters. The topological polar surface area (TPSA) is 82.7 Å². The van der Waals surface area contributed by atoms with Crippen molar-refractivity contribution in [3.05, 3.63) is 11.7 Å². The summed E-state index contributed by atoms with van der Waals surface area (Å²) < 4.78 is 5.24. The smallest absolute Gasteiger partial charge is 0.307 e. The van der Waals surface area contributed by atoms with Gasteiger partial charge in [0.1, 0.15) is 0 Å². The van der Waals surface area contributed by atoms with E-state index in [9.17, 15) is 4.79 Å². The minimum Gasteiger partial charge on any atom is -0.481 e. The fraction of sp³-hybridized carbons (Fsp3) is 0.786. The van der Waals surface area contributed by atoms with Crippen LogP contribution in [0, 0.1) is 5.92 Å². The average molecular weight is 296 g/mol. The molecule has 0 bridgehead atoms. The Bertz CT molecular complexity index is 490. The van der Waals surface area contributed by atoms with Crippen LogP contribution in [0.25, 0.3) is 0 Å². The Hall–Kier alpha value is -1.47. The van der Waals surface area contributed by atoms with Gasteiger partial charge in [0, 0.05) is 38.0 Å². The summed E-state index contributed by atoms with van der Waals surface area (Å²) in [7, 11) is 4.21. The minimum atomic E-state index is -0.851. The highest BCUT2D eigenvalue weighted by molar-refractivity contribution is 5.70. The summed E-state index contributed by atoms with van der Waals surface area (Å²) in [4.78, 5) is 20.0. The fourth-order valence-corrected chi connectivity index (χ4v) is 2.50. The van der Waals surface area contributed by atoms with Crippen LogP contribution >= 0.6 is 0 Å². The lowest BCUT2D eigenvalue weighted by Gasteiger charge is -2.37. The fourth-order valence-electron chi connectivity index (χ4n) is 2.50. The van der Waals surface area contributed by atoms with E-state index in [0.29, 0.717) is 17.8 Å². The molecule has 1 fully saturated rings. The van der Waals surface area contributed by atoms with Gasteiger partial charge in [-0.1, -0.05) is 19.0 Å². The van der Waals surface area contributed by atoms with E-state index in [2.05, 4.69) is 34.0 Å². The second-order valence-corrected chi connectivity index (χ2v) is 6.07. The first-order valence-electron chi connectivity index (χ1n) is 7.32. The van der Waals surface area contributed by atoms with Crippen molar-refractivity contribution in [3.8, 4) is 0 Å². The van der Waals surface area contributed by atoms with Gasteiger partial charge >= 0.3 is 5.97 Å². The van der Waals surface area contributed by atoms with E-state index < -0.39 is 11.9 Å². The quantitative estimate of drug-likeness (QED) is 0.855. The number of carboxylic acid groups (broad SMARTS) is 1. The van der Waals surface area contributed by atoms with E-state index in [1.807, 2.05) is 0 Å². The lowest BCUT2D eigenvalue weighted by Crippen LogP contribution is -2.50. The molecule has 0 spiro atoms. The lowest BCUT2D eigenvalue weighted by molar-refractivity contribution is -0.141. The molecule has 118 valence electrons. The summed E-state index contributed by atoms with van der Waals surface area (Å²) >= 11 is 0. The summed E-state index contributed by atoms with van der Waals surface area (Å²) in [5.74, 6) is -0.610. The molecular weight excluding hydrogens is 272 g/mol. The van der Waals surface area contributed by atoms with Gasteiger partial charge in [0.2, 0.25) is 5.89 Å². The monoisotopic (exact) mass is 296 g/mol. The van der Waals surface area contributed by atoms with E-state index in [1.165, 1.54) is 0 Å². The van der Waals surface area contributed by atoms with Gasteiger partial charge in [-0.3, -0.25) is 4.79 Å². The Morgan fingerprint density at radius 3 is 2.81 bits per heavy atom. The number of aliphatic carboxylic acids is 1. The second-order valence-electron chi connectivity index (χ2n) is 6.07. The Morgan fingerprint density at radius 2 is 2.14 bits per heavy atom. The number of rotatable bonds is 5. The first-order valence-corrected chi connectivity index (χ1v) is 7.32. The van der Waals surface area contributed by atoms with Crippen molar-refractivity contribution in [1.29, 1.82) is 0 Å². The standard InChI is InChI=1S/C14H24N4O3/c1-9(10(2)14(19)20)13-15-12(16-21-13)7-11-8-17(3)5-6-18(11)4/h9-11H,5-8H2,1-4H3,(H,19,20). The van der Waals surface area contributed by atoms with Crippen LogP contribution in [0.2, 0.25) is 0 Å². The van der Waals surface area contributed by atoms with Gasteiger partial charge in [-0.2, -0.15) is 4.98 Å². The SMILES string of the molecule is CC(C(=O)O)C(C)c1nc(CC2CN(C)CCN2C)no1. The molecule has 0 amide bonds. The van der Waals surface area contributed by atoms with Crippen LogP contribution in [0.1, 0.15) is 31.5 Å². The third-order valence-corrected chi connectivity index (χ3v) is 4.41. The van der Waals surface area contributed by atoms with E-state index in [0.717, 1.165) is 26.1 Å². The van der Waals surface area contributed by atoms with Crippen molar-refractivity contribution in [2.75, 3.05) is 33.7 Å². The Morgan fingerprint density at radius 1 is 1.43 bits per heavy atom. The molecule has 0 aliphatic carbocycles. The largest absolute Gasteiger partial charge is 0.481 e. The molecule has 1 aliphatic rings. The Kier molecular flexibility index (Phi) is 4.95. The van der Waals surface area contributed by atoms with Crippen LogP contribution in [-0.4, -0.2) is 70.8 Å². The van der Waals surface area contributed by atoms with E-state index in [4.69, 9.17) is 9.63 Å². The Labute approximate surface area is 124 Å². The number of nitrogens with zero attached hydrogens (tertiary/aromatic N) is 4. The normalized spacial score (nSPS) is 23.9. The van der Waals surface area contributed by atoms with Gasteiger partial charge in [-0.15, -0.1) is 0 Å². The van der Waals surface area contributed by atoms with Gasteiger partial charge in [-0.25, -0.2) is 0 Å². The maximum atomic E-state index is 11.0. The summed E-state index contributed by atoms with van der Waals surface area (Å²) in [6.07, 6.45) is 0.721. The van der Waals surface area contributed by atoms with Crippen molar-refractivity contribution in [2.24, 2.45) is 5.92 Å². The molecule has 7 heteroatoms. The van der Waals surface area contributed by atoms with E-state index in [-0.39, 0.29) is 5.92 Å². The number of hydrogen-bond acceptors (Lipinski definition) is 6. The molecule has 7 nitrogen and oxygen atoms in total. The molecule has 3 atom stereocenters. The van der Waals surface area contributed by atoms with Crippen molar-refractivity contribution >= 4 is 5.97 Å². The molecule has 2 rings (SSSR count). The molecule has 1 saturated heterocycles. The molecule has 21 heavy (non-hydrogen) atoms. The predicted molar refractivity (Wildman–Crippen MR) is 77.1 cm³/mol. The number of carboxylic acids is 1. The van der Waals surface area contributed by atoms with Gasteiger partial charge in [0.25, 0.3) is 0 Å². The second kappa shape index (κ2) is 6.53. The first kappa shape index (κ1) is 15.9. The number of hydrogen-bond donors (Lipinski definition) is 1. The molecule has 0 aromatic carbocycles. The van der Waals surface area contributed by atoms with Gasteiger partial charge in [0.05, 0.1) is 5.92 Å². The summed E-state index contributed by atoms with van der Waals surface area (Å²) in [5, 5.41) is 13.1. The zero-order chi connectivity index (χ0) is 15.6. The molecular formula is C14H24N4O3. The van der Waals surface area contributed by atoms with Crippen LogP contribution in [0.4, 0.5) is 0 Å². The molecule has 1 aromatic rings. The molecule has 0 saturated carbocycles. The van der Waals surface area contributed by atoms with Crippen molar-refractivity contribution in [1.82, 2.24) is 19.9 Å². The predicted octanol–water partition coefficient (Wildman–Crippen LogP) is 0.682. The highest BCUT2D eigenvalue weighted by Crippen LogP contribution is 2.23. The number of aromatic nitrogens is 2. The maximum absolute atomic E-state index is 11.0. The van der Waals surface area contributed by atoms with E-state index in [1.54, 1.807) is 13.8 Å². The van der Waals surface area contributed by atoms with Crippen LogP contribution in [0.3, 0.4) is 0 Å². The highest BCUT2D eigenvalue weighted by atomic mass is 16.5. The lowest BCUT2D eigenvalue weighted by atomic mass is 9.96. The highest BCUT2D eigenvalue weighted by Gasteiger charge is 2.28. The third kappa shape index (κ3) is 3.79. The maximum Gasteiger partial charge on any atom is 0.307 e. The van der Waals surface area contributed by atoms with Crippen molar-refractivity contribution < 1.29 is 14.4 Å². The van der Waals surface area contributed by atoms with Crippen LogP contribution < -0.4 is 0 Å². The van der Waals surface area contributed by atoms with Crippen molar-refractivity contribution in [2.45, 2.75) is 32.2 Å². The zero-order valence-corrected chi connectivity index (χ0v) is 13.1. The number of likely N-dealkylation sites (N-methyl/N-ethyl adjacent to an activating group) is 2. The number of carbonyl (C=O) groups is 1. The van der Waals surface area contributed by atoms with Gasteiger partial charge in [0.15, 0.2) is 5.82 Å². The summed E-state index contributed by atoms with van der Waals surface area (Å²) in [6, 6.07) is 0.362. The molecule has 1 aromatic heterocycles. The van der Waals surface area contributed by atoms with Crippen LogP contribution in [0.15, 0.2) is 4.52 Å². The molecule has 1 N–H and O–H groups in total. The minimum absolute atomic E-state index is 0.282. The number of piperazine rings is 1. The first-order chi connectivity index (χ1) is 9.88. The molecule has 0 radical (unpaired) electrons.